The first-order valence-electron chi connectivity index (χ1n) is 7.45. The number of aliphatic hydroxyl groups is 2. The second kappa shape index (κ2) is 5.27. The van der Waals surface area contributed by atoms with Gasteiger partial charge in [-0.15, -0.1) is 0 Å². The minimum Gasteiger partial charge on any atom is -0.396 e. The van der Waals surface area contributed by atoms with E-state index in [0.29, 0.717) is 0 Å². The highest BCUT2D eigenvalue weighted by Crippen LogP contribution is 2.50. The van der Waals surface area contributed by atoms with Crippen molar-refractivity contribution in [1.29, 1.82) is 0 Å². The van der Waals surface area contributed by atoms with Gasteiger partial charge >= 0.3 is 0 Å². The Bertz CT molecular complexity index is 233. The van der Waals surface area contributed by atoms with Gasteiger partial charge < -0.3 is 10.2 Å². The molecule has 2 rings (SSSR count). The molecule has 0 aliphatic heterocycles. The van der Waals surface area contributed by atoms with Crippen molar-refractivity contribution in [2.45, 2.75) is 76.7 Å². The predicted molar refractivity (Wildman–Crippen MR) is 69.8 cm³/mol. The van der Waals surface area contributed by atoms with Crippen LogP contribution in [-0.4, -0.2) is 22.4 Å². The highest BCUT2D eigenvalue weighted by atomic mass is 16.3. The molecule has 2 saturated carbocycles. The molecule has 0 heterocycles. The molecule has 0 atom stereocenters. The molecule has 2 N–H and O–H groups in total. The molecule has 100 valence electrons. The van der Waals surface area contributed by atoms with Crippen LogP contribution in [0.3, 0.4) is 0 Å². The highest BCUT2D eigenvalue weighted by Gasteiger charge is 2.50. The molecular weight excluding hydrogens is 212 g/mol. The summed E-state index contributed by atoms with van der Waals surface area (Å²) in [6.07, 6.45) is 11.0. The zero-order chi connectivity index (χ0) is 12.4. The average Bonchev–Trinajstić information content (AvgIpc) is 2.59. The van der Waals surface area contributed by atoms with Crippen LogP contribution < -0.4 is 0 Å². The van der Waals surface area contributed by atoms with Crippen LogP contribution in [0.4, 0.5) is 0 Å². The van der Waals surface area contributed by atoms with E-state index in [1.165, 1.54) is 25.7 Å². The largest absolute Gasteiger partial charge is 0.396 e. The van der Waals surface area contributed by atoms with Crippen LogP contribution in [0, 0.1) is 11.3 Å². The van der Waals surface area contributed by atoms with Gasteiger partial charge in [0.25, 0.3) is 0 Å². The van der Waals surface area contributed by atoms with E-state index >= 15 is 0 Å². The Labute approximate surface area is 105 Å². The maximum Gasteiger partial charge on any atom is 0.0725 e. The van der Waals surface area contributed by atoms with Crippen LogP contribution in [-0.2, 0) is 0 Å². The summed E-state index contributed by atoms with van der Waals surface area (Å²) >= 11 is 0. The third kappa shape index (κ3) is 2.53. The molecule has 0 radical (unpaired) electrons. The van der Waals surface area contributed by atoms with E-state index in [1.807, 2.05) is 0 Å². The van der Waals surface area contributed by atoms with Crippen LogP contribution in [0.5, 0.6) is 0 Å². The fourth-order valence-electron chi connectivity index (χ4n) is 3.95. The van der Waals surface area contributed by atoms with Gasteiger partial charge in [-0.1, -0.05) is 32.6 Å². The maximum absolute atomic E-state index is 11.0. The summed E-state index contributed by atoms with van der Waals surface area (Å²) in [5, 5.41) is 20.9. The molecular formula is C15H28O2. The van der Waals surface area contributed by atoms with Crippen LogP contribution in [0.25, 0.3) is 0 Å². The first kappa shape index (κ1) is 13.4. The zero-order valence-corrected chi connectivity index (χ0v) is 11.2. The van der Waals surface area contributed by atoms with E-state index in [2.05, 4.69) is 6.92 Å². The summed E-state index contributed by atoms with van der Waals surface area (Å²) in [5.74, 6) is 0.747. The molecule has 0 saturated heterocycles. The monoisotopic (exact) mass is 240 g/mol. The summed E-state index contributed by atoms with van der Waals surface area (Å²) in [4.78, 5) is 0. The van der Waals surface area contributed by atoms with E-state index in [0.717, 1.165) is 44.4 Å². The van der Waals surface area contributed by atoms with E-state index in [1.54, 1.807) is 0 Å². The summed E-state index contributed by atoms with van der Waals surface area (Å²) < 4.78 is 0. The maximum atomic E-state index is 11.0. The van der Waals surface area contributed by atoms with Crippen LogP contribution in [0.1, 0.15) is 71.1 Å². The Morgan fingerprint density at radius 2 is 1.47 bits per heavy atom. The lowest BCUT2D eigenvalue weighted by molar-refractivity contribution is -0.143. The van der Waals surface area contributed by atoms with Crippen molar-refractivity contribution in [3.63, 3.8) is 0 Å². The van der Waals surface area contributed by atoms with Gasteiger partial charge in [0.1, 0.15) is 0 Å². The molecule has 2 heteroatoms. The van der Waals surface area contributed by atoms with Gasteiger partial charge in [0.05, 0.1) is 12.2 Å². The molecule has 0 unspecified atom stereocenters. The summed E-state index contributed by atoms with van der Waals surface area (Å²) in [5.41, 5.74) is -0.776. The van der Waals surface area contributed by atoms with Crippen LogP contribution >= 0.6 is 0 Å². The fourth-order valence-corrected chi connectivity index (χ4v) is 3.95. The lowest BCUT2D eigenvalue weighted by Gasteiger charge is -2.49. The van der Waals surface area contributed by atoms with Crippen molar-refractivity contribution in [3.05, 3.63) is 0 Å². The molecule has 17 heavy (non-hydrogen) atoms. The van der Waals surface area contributed by atoms with Gasteiger partial charge in [0.15, 0.2) is 0 Å². The lowest BCUT2D eigenvalue weighted by atomic mass is 9.60. The minimum absolute atomic E-state index is 0.178. The van der Waals surface area contributed by atoms with Gasteiger partial charge in [-0.25, -0.2) is 0 Å². The molecule has 2 aliphatic carbocycles. The van der Waals surface area contributed by atoms with E-state index in [4.69, 9.17) is 0 Å². The van der Waals surface area contributed by atoms with Gasteiger partial charge in [-0.05, 0) is 44.4 Å². The second-order valence-electron chi connectivity index (χ2n) is 6.57. The number of hydrogen-bond acceptors (Lipinski definition) is 2. The topological polar surface area (TPSA) is 40.5 Å². The Morgan fingerprint density at radius 1 is 0.941 bits per heavy atom. The van der Waals surface area contributed by atoms with Gasteiger partial charge in [0, 0.05) is 5.41 Å². The molecule has 2 fully saturated rings. The summed E-state index contributed by atoms with van der Waals surface area (Å²) in [7, 11) is 0. The molecule has 0 aromatic carbocycles. The number of aliphatic hydroxyl groups excluding tert-OH is 1. The second-order valence-corrected chi connectivity index (χ2v) is 6.57. The summed E-state index contributed by atoms with van der Waals surface area (Å²) in [6.45, 7) is 2.45. The van der Waals surface area contributed by atoms with Crippen molar-refractivity contribution >= 4 is 0 Å². The molecule has 0 spiro atoms. The van der Waals surface area contributed by atoms with Crippen molar-refractivity contribution < 1.29 is 10.2 Å². The molecule has 0 aromatic rings. The quantitative estimate of drug-likeness (QED) is 0.727. The summed E-state index contributed by atoms with van der Waals surface area (Å²) in [6, 6.07) is 0. The Balaban J connectivity index is 2.14. The number of hydrogen-bond donors (Lipinski definition) is 2. The third-order valence-electron chi connectivity index (χ3n) is 5.45. The molecule has 0 bridgehead atoms. The molecule has 2 aliphatic rings. The average molecular weight is 240 g/mol. The van der Waals surface area contributed by atoms with Crippen molar-refractivity contribution in [1.82, 2.24) is 0 Å². The fraction of sp³-hybridized carbons (Fsp3) is 1.00. The standard InChI is InChI=1S/C15H28O2/c1-13-6-10-15(17,11-7-13)14(12-16)8-4-2-3-5-9-14/h13,16-17H,2-12H2,1H3. The molecule has 2 nitrogen and oxygen atoms in total. The SMILES string of the molecule is CC1CCC(O)(C2(CO)CCCCCC2)CC1. The van der Waals surface area contributed by atoms with Gasteiger partial charge in [-0.3, -0.25) is 0 Å². The predicted octanol–water partition coefficient (Wildman–Crippen LogP) is 3.26. The molecule has 0 amide bonds. The smallest absolute Gasteiger partial charge is 0.0725 e. The van der Waals surface area contributed by atoms with Crippen LogP contribution in [0.15, 0.2) is 0 Å². The van der Waals surface area contributed by atoms with Gasteiger partial charge in [-0.2, -0.15) is 0 Å². The van der Waals surface area contributed by atoms with E-state index < -0.39 is 5.60 Å². The highest BCUT2D eigenvalue weighted by molar-refractivity contribution is 5.01. The molecule has 0 aromatic heterocycles. The van der Waals surface area contributed by atoms with Crippen molar-refractivity contribution in [3.8, 4) is 0 Å². The Kier molecular flexibility index (Phi) is 4.14. The van der Waals surface area contributed by atoms with E-state index in [-0.39, 0.29) is 12.0 Å². The van der Waals surface area contributed by atoms with Crippen LogP contribution in [0.2, 0.25) is 0 Å². The lowest BCUT2D eigenvalue weighted by Crippen LogP contribution is -2.52. The Hall–Kier alpha value is -0.0800. The first-order chi connectivity index (χ1) is 8.12. The van der Waals surface area contributed by atoms with Crippen molar-refractivity contribution in [2.24, 2.45) is 11.3 Å². The first-order valence-corrected chi connectivity index (χ1v) is 7.45. The minimum atomic E-state index is -0.585. The van der Waals surface area contributed by atoms with Gasteiger partial charge in [0.2, 0.25) is 0 Å². The zero-order valence-electron chi connectivity index (χ0n) is 11.2. The third-order valence-corrected chi connectivity index (χ3v) is 5.45. The number of rotatable bonds is 2. The Morgan fingerprint density at radius 3 is 1.94 bits per heavy atom. The van der Waals surface area contributed by atoms with Crippen molar-refractivity contribution in [2.75, 3.05) is 6.61 Å². The normalized spacial score (nSPS) is 38.6. The van der Waals surface area contributed by atoms with E-state index in [9.17, 15) is 10.2 Å².